The van der Waals surface area contributed by atoms with Gasteiger partial charge in [0.15, 0.2) is 0 Å². The zero-order chi connectivity index (χ0) is 31.1. The smallest absolute Gasteiger partial charge is 0.211 e. The second kappa shape index (κ2) is 14.5. The number of fused-ring (bicyclic) bond motifs is 3. The van der Waals surface area contributed by atoms with E-state index in [0.717, 1.165) is 52.2 Å². The van der Waals surface area contributed by atoms with Crippen molar-refractivity contribution in [3.63, 3.8) is 0 Å². The average Bonchev–Trinajstić information content (AvgIpc) is 3.59. The van der Waals surface area contributed by atoms with E-state index in [2.05, 4.69) is 5.16 Å². The maximum absolute atomic E-state index is 11.6. The number of oxime groups is 1. The summed E-state index contributed by atoms with van der Waals surface area (Å²) in [4.78, 5) is 11.6. The molecule has 10 nitrogen and oxygen atoms in total. The molecule has 3 aromatic rings. The Morgan fingerprint density at radius 1 is 0.721 bits per heavy atom. The Morgan fingerprint density at radius 2 is 1.14 bits per heavy atom. The van der Waals surface area contributed by atoms with Crippen molar-refractivity contribution in [3.8, 4) is 17.2 Å². The third-order valence-corrected chi connectivity index (χ3v) is 7.59. The molecule has 0 heterocycles. The lowest BCUT2D eigenvalue weighted by atomic mass is 10.1. The number of nitrogens with two attached hydrogens (primary N) is 2. The first-order valence-corrected chi connectivity index (χ1v) is 14.6. The summed E-state index contributed by atoms with van der Waals surface area (Å²) in [5.74, 6) is 2.07. The minimum Gasteiger partial charge on any atom is -0.494 e. The van der Waals surface area contributed by atoms with Crippen LogP contribution in [0.3, 0.4) is 0 Å². The van der Waals surface area contributed by atoms with Crippen molar-refractivity contribution in [2.45, 2.75) is 64.3 Å². The van der Waals surface area contributed by atoms with Gasteiger partial charge in [-0.1, -0.05) is 23.4 Å². The predicted molar refractivity (Wildman–Crippen MR) is 163 cm³/mol. The van der Waals surface area contributed by atoms with Gasteiger partial charge in [-0.25, -0.2) is 0 Å². The van der Waals surface area contributed by atoms with E-state index in [1.807, 2.05) is 69.3 Å². The van der Waals surface area contributed by atoms with E-state index in [-0.39, 0.29) is 23.6 Å². The Morgan fingerprint density at radius 3 is 1.56 bits per heavy atom. The maximum Gasteiger partial charge on any atom is 0.211 e. The second-order valence-corrected chi connectivity index (χ2v) is 10.5. The zero-order valence-electron chi connectivity index (χ0n) is 24.8. The zero-order valence-corrected chi connectivity index (χ0v) is 24.8. The molecule has 3 aliphatic rings. The highest BCUT2D eigenvalue weighted by Gasteiger charge is 2.29. The number of aliphatic hydroxyl groups excluding tert-OH is 2. The van der Waals surface area contributed by atoms with Gasteiger partial charge < -0.3 is 41.1 Å². The Bertz CT molecular complexity index is 1390. The van der Waals surface area contributed by atoms with E-state index in [4.69, 9.17) is 30.9 Å². The fraction of sp³-hybridized carbons (Fsp3) is 0.394. The van der Waals surface area contributed by atoms with Crippen molar-refractivity contribution in [1.82, 2.24) is 0 Å². The molecule has 10 heteroatoms. The highest BCUT2D eigenvalue weighted by atomic mass is 16.5. The Hall–Kier alpha value is -3.96. The summed E-state index contributed by atoms with van der Waals surface area (Å²) in [6.45, 7) is 7.61. The Balaban J connectivity index is 0.000000148. The van der Waals surface area contributed by atoms with Gasteiger partial charge >= 0.3 is 0 Å². The van der Waals surface area contributed by atoms with Gasteiger partial charge in [0.25, 0.3) is 0 Å². The van der Waals surface area contributed by atoms with Crippen LogP contribution >= 0.6 is 0 Å². The number of hydrogen-bond acceptors (Lipinski definition) is 10. The number of Topliss-reactive ketones (excluding diaryl/α,β-unsaturated/α-hetero) is 1. The largest absolute Gasteiger partial charge is 0.494 e. The number of benzene rings is 3. The summed E-state index contributed by atoms with van der Waals surface area (Å²) in [6.07, 6.45) is 0.832. The molecule has 0 bridgehead atoms. The number of carbonyl (C=O) groups excluding carboxylic acids is 1. The molecule has 7 N–H and O–H groups in total. The van der Waals surface area contributed by atoms with Crippen LogP contribution in [0.25, 0.3) is 0 Å². The van der Waals surface area contributed by atoms with Gasteiger partial charge in [-0.2, -0.15) is 0 Å². The normalized spacial score (nSPS) is 22.0. The summed E-state index contributed by atoms with van der Waals surface area (Å²) in [5.41, 5.74) is 17.3. The number of ketones is 1. The first-order valence-electron chi connectivity index (χ1n) is 14.6. The Kier molecular flexibility index (Phi) is 10.8. The third-order valence-electron chi connectivity index (χ3n) is 7.59. The van der Waals surface area contributed by atoms with Crippen LogP contribution in [0.4, 0.5) is 0 Å². The van der Waals surface area contributed by atoms with Crippen LogP contribution in [0, 0.1) is 0 Å². The molecule has 43 heavy (non-hydrogen) atoms. The monoisotopic (exact) mass is 591 g/mol. The SMILES string of the molecule is CCOc1ccc2c(c1)C(=O)/C(=N/O)C2.CCOc1ccc2c(c1)[C@@H](O)[C@H](N)C2.CCOc1ccc2c(c1)[C@H](O)[C@@H](N)C2. The summed E-state index contributed by atoms with van der Waals surface area (Å²) in [7, 11) is 0. The van der Waals surface area contributed by atoms with E-state index in [1.165, 1.54) is 0 Å². The molecule has 0 saturated heterocycles. The van der Waals surface area contributed by atoms with Crippen molar-refractivity contribution in [2.75, 3.05) is 19.8 Å². The van der Waals surface area contributed by atoms with Crippen molar-refractivity contribution < 1.29 is 34.4 Å². The molecule has 0 saturated carbocycles. The molecular weight excluding hydrogens is 550 g/mol. The van der Waals surface area contributed by atoms with Gasteiger partial charge in [0.1, 0.15) is 23.0 Å². The minimum absolute atomic E-state index is 0.165. The molecule has 0 spiro atoms. The lowest BCUT2D eigenvalue weighted by molar-refractivity contribution is 0.106. The third kappa shape index (κ3) is 7.34. The molecule has 0 radical (unpaired) electrons. The van der Waals surface area contributed by atoms with Crippen molar-refractivity contribution in [3.05, 3.63) is 88.0 Å². The number of rotatable bonds is 6. The molecule has 3 aliphatic carbocycles. The number of ether oxygens (including phenoxy) is 3. The predicted octanol–water partition coefficient (Wildman–Crippen LogP) is 3.66. The number of nitrogens with zero attached hydrogens (tertiary/aromatic N) is 1. The maximum atomic E-state index is 11.6. The van der Waals surface area contributed by atoms with Gasteiger partial charge in [-0.3, -0.25) is 4.79 Å². The minimum atomic E-state index is -0.537. The van der Waals surface area contributed by atoms with Crippen molar-refractivity contribution in [2.24, 2.45) is 16.6 Å². The first kappa shape index (κ1) is 32.0. The number of aliphatic hydroxyl groups is 2. The molecule has 0 aliphatic heterocycles. The summed E-state index contributed by atoms with van der Waals surface area (Å²) >= 11 is 0. The van der Waals surface area contributed by atoms with Crippen LogP contribution < -0.4 is 25.7 Å². The number of hydrogen-bond donors (Lipinski definition) is 5. The molecule has 0 unspecified atom stereocenters. The van der Waals surface area contributed by atoms with Gasteiger partial charge in [-0.15, -0.1) is 0 Å². The topological polar surface area (TPSA) is 170 Å². The fourth-order valence-electron chi connectivity index (χ4n) is 5.45. The highest BCUT2D eigenvalue weighted by Crippen LogP contribution is 2.34. The summed E-state index contributed by atoms with van der Waals surface area (Å²) in [6, 6.07) is 16.6. The van der Waals surface area contributed by atoms with Crippen LogP contribution in [-0.4, -0.2) is 58.8 Å². The van der Waals surface area contributed by atoms with E-state index in [9.17, 15) is 15.0 Å². The molecule has 0 amide bonds. The van der Waals surface area contributed by atoms with Crippen molar-refractivity contribution >= 4 is 11.5 Å². The lowest BCUT2D eigenvalue weighted by Crippen LogP contribution is -2.24. The molecule has 0 aromatic heterocycles. The van der Waals surface area contributed by atoms with E-state index < -0.39 is 12.2 Å². The van der Waals surface area contributed by atoms with Gasteiger partial charge in [0, 0.05) is 24.1 Å². The quantitative estimate of drug-likeness (QED) is 0.212. The van der Waals surface area contributed by atoms with Crippen molar-refractivity contribution in [1.29, 1.82) is 0 Å². The van der Waals surface area contributed by atoms with E-state index >= 15 is 0 Å². The fourth-order valence-corrected chi connectivity index (χ4v) is 5.45. The van der Waals surface area contributed by atoms with Crippen LogP contribution in [0.5, 0.6) is 17.2 Å². The summed E-state index contributed by atoms with van der Waals surface area (Å²) in [5, 5.41) is 31.1. The van der Waals surface area contributed by atoms with Crippen LogP contribution in [0.1, 0.15) is 71.2 Å². The van der Waals surface area contributed by atoms with Gasteiger partial charge in [0.05, 0.1) is 32.0 Å². The first-order chi connectivity index (χ1) is 20.7. The number of carbonyl (C=O) groups is 1. The molecular formula is C33H41N3O7. The highest BCUT2D eigenvalue weighted by molar-refractivity contribution is 6.49. The standard InChI is InChI=1S/C11H11NO3.2C11H15NO2/c1-2-15-8-4-3-7-5-10(12-14)11(13)9(7)6-8;2*1-2-14-8-4-3-7-5-10(12)11(13)9(7)6-8/h3-4,6,14H,2,5H2,1H3;2*3-4,6,10-11,13H,2,5,12H2,1H3/b12-10+;;/t;2*10-,11-/m.10/s1. The van der Waals surface area contributed by atoms with Gasteiger partial charge in [-0.05, 0) is 97.8 Å². The van der Waals surface area contributed by atoms with Crippen LogP contribution in [0.2, 0.25) is 0 Å². The van der Waals surface area contributed by atoms with Crippen LogP contribution in [-0.2, 0) is 19.3 Å². The Labute approximate surface area is 251 Å². The van der Waals surface area contributed by atoms with Crippen LogP contribution in [0.15, 0.2) is 59.8 Å². The molecule has 230 valence electrons. The van der Waals surface area contributed by atoms with E-state index in [0.29, 0.717) is 37.6 Å². The van der Waals surface area contributed by atoms with Gasteiger partial charge in [0.2, 0.25) is 5.78 Å². The lowest BCUT2D eigenvalue weighted by Gasteiger charge is -2.09. The summed E-state index contributed by atoms with van der Waals surface area (Å²) < 4.78 is 16.0. The second-order valence-electron chi connectivity index (χ2n) is 10.5. The average molecular weight is 592 g/mol. The molecule has 0 fully saturated rings. The van der Waals surface area contributed by atoms with E-state index in [1.54, 1.807) is 6.07 Å². The molecule has 6 rings (SSSR count). The molecule has 4 atom stereocenters. The molecule has 3 aromatic carbocycles.